The molecule has 0 radical (unpaired) electrons. The van der Waals surface area contributed by atoms with Crippen LogP contribution in [0.15, 0.2) is 47.4 Å². The van der Waals surface area contributed by atoms with Gasteiger partial charge in [-0.25, -0.2) is 0 Å². The Labute approximate surface area is 134 Å². The number of nitrogens with one attached hydrogen (secondary N) is 2. The Hall–Kier alpha value is -1.65. The van der Waals surface area contributed by atoms with Crippen molar-refractivity contribution >= 4 is 40.6 Å². The fourth-order valence-corrected chi connectivity index (χ4v) is 2.50. The van der Waals surface area contributed by atoms with Gasteiger partial charge in [0.1, 0.15) is 0 Å². The Balaban J connectivity index is 1.99. The number of carbonyl (C=O) groups is 1. The zero-order valence-corrected chi connectivity index (χ0v) is 13.5. The third-order valence-corrected chi connectivity index (χ3v) is 3.99. The van der Waals surface area contributed by atoms with E-state index in [1.807, 2.05) is 12.1 Å². The Morgan fingerprint density at radius 1 is 1.19 bits per heavy atom. The molecule has 0 aromatic heterocycles. The minimum Gasteiger partial charge on any atom is -0.381 e. The number of carbonyl (C=O) groups excluding carboxylic acids is 1. The van der Waals surface area contributed by atoms with Gasteiger partial charge in [-0.3, -0.25) is 4.79 Å². The average Bonchev–Trinajstić information content (AvgIpc) is 2.48. The molecule has 2 aromatic carbocycles. The van der Waals surface area contributed by atoms with Crippen molar-refractivity contribution in [1.29, 1.82) is 0 Å². The second-order valence-corrected chi connectivity index (χ2v) is 5.86. The highest BCUT2D eigenvalue weighted by Gasteiger charge is 2.03. The third-order valence-electron chi connectivity index (χ3n) is 2.94. The summed E-state index contributed by atoms with van der Waals surface area (Å²) in [7, 11) is 0. The molecule has 110 valence electrons. The molecule has 0 saturated carbocycles. The number of hydrogen-bond acceptors (Lipinski definition) is 3. The van der Waals surface area contributed by atoms with E-state index in [9.17, 15) is 4.79 Å². The van der Waals surface area contributed by atoms with Crippen LogP contribution >= 0.6 is 23.4 Å². The summed E-state index contributed by atoms with van der Waals surface area (Å²) >= 11 is 7.87. The van der Waals surface area contributed by atoms with Crippen LogP contribution in [-0.2, 0) is 11.3 Å². The number of rotatable bonds is 5. The smallest absolute Gasteiger partial charge is 0.221 e. The molecule has 0 atom stereocenters. The van der Waals surface area contributed by atoms with Gasteiger partial charge in [0.15, 0.2) is 0 Å². The highest BCUT2D eigenvalue weighted by molar-refractivity contribution is 7.98. The summed E-state index contributed by atoms with van der Waals surface area (Å²) in [6, 6.07) is 13.9. The van der Waals surface area contributed by atoms with E-state index in [1.165, 1.54) is 17.4 Å². The van der Waals surface area contributed by atoms with Crippen LogP contribution in [0.3, 0.4) is 0 Å². The number of hydrogen-bond donors (Lipinski definition) is 2. The van der Waals surface area contributed by atoms with E-state index >= 15 is 0 Å². The van der Waals surface area contributed by atoms with Crippen LogP contribution in [-0.4, -0.2) is 12.2 Å². The molecule has 0 aliphatic rings. The van der Waals surface area contributed by atoms with Crippen LogP contribution in [0, 0.1) is 0 Å². The van der Waals surface area contributed by atoms with Crippen LogP contribution in [0.1, 0.15) is 12.5 Å². The second kappa shape index (κ2) is 7.38. The van der Waals surface area contributed by atoms with Crippen molar-refractivity contribution in [2.45, 2.75) is 18.4 Å². The largest absolute Gasteiger partial charge is 0.381 e. The van der Waals surface area contributed by atoms with Gasteiger partial charge >= 0.3 is 0 Å². The van der Waals surface area contributed by atoms with Crippen molar-refractivity contribution < 1.29 is 4.79 Å². The SMILES string of the molecule is CSc1ccc(CNc2ccc(NC(C)=O)c(Cl)c2)cc1. The molecule has 1 amide bonds. The molecule has 0 heterocycles. The molecule has 0 aliphatic heterocycles. The van der Waals surface area contributed by atoms with E-state index in [-0.39, 0.29) is 5.91 Å². The lowest BCUT2D eigenvalue weighted by Gasteiger charge is -2.10. The molecular weight excluding hydrogens is 304 g/mol. The number of thioether (sulfide) groups is 1. The minimum absolute atomic E-state index is 0.133. The van der Waals surface area contributed by atoms with Crippen molar-refractivity contribution in [2.75, 3.05) is 16.9 Å². The van der Waals surface area contributed by atoms with E-state index in [4.69, 9.17) is 11.6 Å². The summed E-state index contributed by atoms with van der Waals surface area (Å²) in [5.74, 6) is -0.133. The van der Waals surface area contributed by atoms with E-state index in [0.29, 0.717) is 10.7 Å². The fourth-order valence-electron chi connectivity index (χ4n) is 1.86. The molecule has 2 N–H and O–H groups in total. The highest BCUT2D eigenvalue weighted by Crippen LogP contribution is 2.26. The second-order valence-electron chi connectivity index (χ2n) is 4.58. The maximum Gasteiger partial charge on any atom is 0.221 e. The lowest BCUT2D eigenvalue weighted by molar-refractivity contribution is -0.114. The number of benzene rings is 2. The van der Waals surface area contributed by atoms with Crippen molar-refractivity contribution in [2.24, 2.45) is 0 Å². The summed E-state index contributed by atoms with van der Waals surface area (Å²) < 4.78 is 0. The Morgan fingerprint density at radius 2 is 1.90 bits per heavy atom. The van der Waals surface area contributed by atoms with Crippen molar-refractivity contribution in [3.8, 4) is 0 Å². The van der Waals surface area contributed by atoms with E-state index in [0.717, 1.165) is 12.2 Å². The Bertz CT molecular complexity index is 629. The maximum atomic E-state index is 11.0. The lowest BCUT2D eigenvalue weighted by Crippen LogP contribution is -2.06. The first kappa shape index (κ1) is 15.7. The van der Waals surface area contributed by atoms with Gasteiger partial charge in [0.25, 0.3) is 0 Å². The van der Waals surface area contributed by atoms with Crippen molar-refractivity contribution in [3.63, 3.8) is 0 Å². The normalized spacial score (nSPS) is 10.2. The van der Waals surface area contributed by atoms with Gasteiger partial charge in [0, 0.05) is 24.1 Å². The van der Waals surface area contributed by atoms with Crippen LogP contribution in [0.5, 0.6) is 0 Å². The van der Waals surface area contributed by atoms with Gasteiger partial charge in [0.05, 0.1) is 10.7 Å². The topological polar surface area (TPSA) is 41.1 Å². The molecule has 3 nitrogen and oxygen atoms in total. The Kier molecular flexibility index (Phi) is 5.53. The van der Waals surface area contributed by atoms with Gasteiger partial charge in [-0.2, -0.15) is 0 Å². The first-order chi connectivity index (χ1) is 10.1. The predicted molar refractivity (Wildman–Crippen MR) is 91.3 cm³/mol. The summed E-state index contributed by atoms with van der Waals surface area (Å²) in [6.07, 6.45) is 2.06. The predicted octanol–water partition coefficient (Wildman–Crippen LogP) is 4.63. The van der Waals surface area contributed by atoms with Gasteiger partial charge in [0.2, 0.25) is 5.91 Å². The quantitative estimate of drug-likeness (QED) is 0.789. The Morgan fingerprint density at radius 3 is 2.48 bits per heavy atom. The number of anilines is 2. The molecule has 0 spiro atoms. The minimum atomic E-state index is -0.133. The number of halogens is 1. The third kappa shape index (κ3) is 4.69. The van der Waals surface area contributed by atoms with E-state index in [1.54, 1.807) is 17.8 Å². The summed E-state index contributed by atoms with van der Waals surface area (Å²) in [6.45, 7) is 2.19. The average molecular weight is 321 g/mol. The summed E-state index contributed by atoms with van der Waals surface area (Å²) in [5, 5.41) is 6.52. The molecule has 21 heavy (non-hydrogen) atoms. The van der Waals surface area contributed by atoms with Crippen molar-refractivity contribution in [1.82, 2.24) is 0 Å². The van der Waals surface area contributed by atoms with Gasteiger partial charge < -0.3 is 10.6 Å². The fraction of sp³-hybridized carbons (Fsp3) is 0.188. The molecule has 5 heteroatoms. The molecule has 0 saturated heterocycles. The molecule has 0 bridgehead atoms. The highest BCUT2D eigenvalue weighted by atomic mass is 35.5. The van der Waals surface area contributed by atoms with Crippen LogP contribution in [0.2, 0.25) is 5.02 Å². The number of amides is 1. The molecule has 0 aliphatic carbocycles. The lowest BCUT2D eigenvalue weighted by atomic mass is 10.2. The molecule has 0 fully saturated rings. The zero-order chi connectivity index (χ0) is 15.2. The van der Waals surface area contributed by atoms with E-state index < -0.39 is 0 Å². The zero-order valence-electron chi connectivity index (χ0n) is 11.9. The molecular formula is C16H17ClN2OS. The molecule has 2 aromatic rings. The van der Waals surface area contributed by atoms with Gasteiger partial charge in [-0.1, -0.05) is 23.7 Å². The first-order valence-electron chi connectivity index (χ1n) is 6.52. The maximum absolute atomic E-state index is 11.0. The summed E-state index contributed by atoms with van der Waals surface area (Å²) in [4.78, 5) is 12.3. The van der Waals surface area contributed by atoms with Crippen LogP contribution < -0.4 is 10.6 Å². The monoisotopic (exact) mass is 320 g/mol. The molecule has 0 unspecified atom stereocenters. The summed E-state index contributed by atoms with van der Waals surface area (Å²) in [5.41, 5.74) is 2.75. The van der Waals surface area contributed by atoms with Gasteiger partial charge in [-0.05, 0) is 42.2 Å². The standard InChI is InChI=1S/C16H17ClN2OS/c1-11(20)19-16-8-5-13(9-15(16)17)18-10-12-3-6-14(21-2)7-4-12/h3-9,18H,10H2,1-2H3,(H,19,20). The van der Waals surface area contributed by atoms with Gasteiger partial charge in [-0.15, -0.1) is 11.8 Å². The van der Waals surface area contributed by atoms with Crippen LogP contribution in [0.25, 0.3) is 0 Å². The first-order valence-corrected chi connectivity index (χ1v) is 8.12. The van der Waals surface area contributed by atoms with Crippen LogP contribution in [0.4, 0.5) is 11.4 Å². The van der Waals surface area contributed by atoms with Crippen molar-refractivity contribution in [3.05, 3.63) is 53.1 Å². The van der Waals surface area contributed by atoms with E-state index in [2.05, 4.69) is 41.2 Å². The molecule has 2 rings (SSSR count).